The summed E-state index contributed by atoms with van der Waals surface area (Å²) in [7, 11) is 1.59. The van der Waals surface area contributed by atoms with E-state index in [1.165, 1.54) is 11.0 Å². The van der Waals surface area contributed by atoms with Crippen molar-refractivity contribution < 1.29 is 19.7 Å². The number of amides is 1. The molecule has 0 saturated carbocycles. The van der Waals surface area contributed by atoms with Crippen molar-refractivity contribution in [2.45, 2.75) is 27.7 Å². The summed E-state index contributed by atoms with van der Waals surface area (Å²) < 4.78 is 5.56. The summed E-state index contributed by atoms with van der Waals surface area (Å²) in [5, 5.41) is 19.9. The minimum absolute atomic E-state index is 0.0805. The minimum atomic E-state index is -0.281. The van der Waals surface area contributed by atoms with Crippen LogP contribution in [-0.2, 0) is 4.79 Å². The van der Waals surface area contributed by atoms with Crippen molar-refractivity contribution in [3.05, 3.63) is 76.9 Å². The van der Waals surface area contributed by atoms with Gasteiger partial charge in [0.05, 0.1) is 12.2 Å². The molecule has 8 heteroatoms. The van der Waals surface area contributed by atoms with Gasteiger partial charge in [0.2, 0.25) is 0 Å². The van der Waals surface area contributed by atoms with Crippen molar-refractivity contribution in [2.24, 2.45) is 0 Å². The topological polar surface area (TPSA) is 109 Å². The number of hydrogen-bond acceptors (Lipinski definition) is 7. The molecule has 2 N–H and O–H groups in total. The lowest BCUT2D eigenvalue weighted by molar-refractivity contribution is -0.132. The smallest absolute Gasteiger partial charge is 0.260 e. The average molecular weight is 513 g/mol. The third kappa shape index (κ3) is 5.98. The highest BCUT2D eigenvalue weighted by Gasteiger charge is 2.18. The maximum absolute atomic E-state index is 12.1. The average Bonchev–Trinajstić information content (AvgIpc) is 2.87. The van der Waals surface area contributed by atoms with Crippen LogP contribution in [0.25, 0.3) is 34.2 Å². The first-order chi connectivity index (χ1) is 18.2. The van der Waals surface area contributed by atoms with E-state index in [0.717, 1.165) is 33.4 Å². The van der Waals surface area contributed by atoms with Gasteiger partial charge >= 0.3 is 0 Å². The summed E-state index contributed by atoms with van der Waals surface area (Å²) >= 11 is 0. The Bertz CT molecular complexity index is 1420. The van der Waals surface area contributed by atoms with Crippen LogP contribution in [-0.4, -0.2) is 62.8 Å². The zero-order valence-electron chi connectivity index (χ0n) is 22.3. The molecule has 0 radical (unpaired) electrons. The number of carbonyl (C=O) groups is 1. The number of likely N-dealkylation sites (N-methyl/N-ethyl adjacent to an activating group) is 1. The highest BCUT2D eigenvalue weighted by atomic mass is 16.5. The standard InChI is InChI=1S/C30H32N4O4/c1-18-6-9-23(20(3)14-18)28-31-29(24-10-7-19(2)15-21(24)4)33-30(32-28)25-11-8-22(16-26(25)36)38-17-27(37)34(5)12-13-35/h6-11,14-16,35-36H,12-13,17H2,1-5H3. The van der Waals surface area contributed by atoms with E-state index in [1.807, 2.05) is 52.0 Å². The van der Waals surface area contributed by atoms with Crippen molar-refractivity contribution in [1.82, 2.24) is 19.9 Å². The molecule has 4 aromatic rings. The third-order valence-electron chi connectivity index (χ3n) is 6.31. The first-order valence-electron chi connectivity index (χ1n) is 12.4. The number of aryl methyl sites for hydroxylation is 4. The molecule has 0 saturated heterocycles. The second-order valence-corrected chi connectivity index (χ2v) is 9.45. The van der Waals surface area contributed by atoms with E-state index in [-0.39, 0.29) is 31.4 Å². The Balaban J connectivity index is 1.75. The molecule has 0 atom stereocenters. The molecule has 1 heterocycles. The lowest BCUT2D eigenvalue weighted by Gasteiger charge is -2.16. The summed E-state index contributed by atoms with van der Waals surface area (Å²) in [4.78, 5) is 27.8. The van der Waals surface area contributed by atoms with Crippen LogP contribution in [0, 0.1) is 27.7 Å². The summed E-state index contributed by atoms with van der Waals surface area (Å²) in [5.74, 6) is 1.32. The molecule has 0 unspecified atom stereocenters. The number of nitrogens with zero attached hydrogens (tertiary/aromatic N) is 4. The molecule has 0 aliphatic heterocycles. The van der Waals surface area contributed by atoms with Crippen molar-refractivity contribution in [2.75, 3.05) is 26.8 Å². The number of benzene rings is 3. The number of phenols is 1. The SMILES string of the molecule is Cc1ccc(-c2nc(-c3ccc(C)cc3C)nc(-c3ccc(OCC(=O)N(C)CCO)cc3O)n2)c(C)c1. The number of aromatic nitrogens is 3. The van der Waals surface area contributed by atoms with E-state index >= 15 is 0 Å². The molecule has 38 heavy (non-hydrogen) atoms. The Labute approximate surface area is 222 Å². The van der Waals surface area contributed by atoms with Crippen LogP contribution in [0.3, 0.4) is 0 Å². The Kier molecular flexibility index (Phi) is 8.02. The van der Waals surface area contributed by atoms with Gasteiger partial charge in [-0.15, -0.1) is 0 Å². The van der Waals surface area contributed by atoms with E-state index in [9.17, 15) is 9.90 Å². The van der Waals surface area contributed by atoms with Crippen LogP contribution in [0.4, 0.5) is 0 Å². The summed E-state index contributed by atoms with van der Waals surface area (Å²) in [6.45, 7) is 7.99. The highest BCUT2D eigenvalue weighted by molar-refractivity contribution is 5.77. The van der Waals surface area contributed by atoms with Gasteiger partial charge in [-0.3, -0.25) is 4.79 Å². The van der Waals surface area contributed by atoms with Gasteiger partial charge in [-0.25, -0.2) is 15.0 Å². The first-order valence-corrected chi connectivity index (χ1v) is 12.4. The van der Waals surface area contributed by atoms with Gasteiger partial charge in [0.1, 0.15) is 11.5 Å². The molecule has 3 aromatic carbocycles. The zero-order valence-corrected chi connectivity index (χ0v) is 22.3. The molecule has 1 aromatic heterocycles. The van der Waals surface area contributed by atoms with Crippen LogP contribution < -0.4 is 4.74 Å². The summed E-state index contributed by atoms with van der Waals surface area (Å²) in [6, 6.07) is 17.0. The summed E-state index contributed by atoms with van der Waals surface area (Å²) in [6.07, 6.45) is 0. The predicted octanol–water partition coefficient (Wildman–Crippen LogP) is 4.64. The first kappa shape index (κ1) is 26.8. The minimum Gasteiger partial charge on any atom is -0.507 e. The number of rotatable bonds is 8. The number of aromatic hydroxyl groups is 1. The number of aliphatic hydroxyl groups is 1. The molecule has 196 valence electrons. The van der Waals surface area contributed by atoms with Gasteiger partial charge in [-0.2, -0.15) is 0 Å². The number of ether oxygens (including phenoxy) is 1. The lowest BCUT2D eigenvalue weighted by atomic mass is 10.0. The maximum atomic E-state index is 12.1. The lowest BCUT2D eigenvalue weighted by Crippen LogP contribution is -2.33. The number of phenolic OH excluding ortho intramolecular Hbond substituents is 1. The molecule has 0 spiro atoms. The molecule has 4 rings (SSSR count). The van der Waals surface area contributed by atoms with Crippen molar-refractivity contribution in [3.63, 3.8) is 0 Å². The molecule has 0 fully saturated rings. The van der Waals surface area contributed by atoms with Crippen LogP contribution in [0.5, 0.6) is 11.5 Å². The van der Waals surface area contributed by atoms with E-state index in [2.05, 4.69) is 12.1 Å². The predicted molar refractivity (Wildman–Crippen MR) is 147 cm³/mol. The van der Waals surface area contributed by atoms with Gasteiger partial charge < -0.3 is 19.8 Å². The van der Waals surface area contributed by atoms with Gasteiger partial charge in [0.15, 0.2) is 24.1 Å². The molecular weight excluding hydrogens is 480 g/mol. The number of carbonyl (C=O) groups excluding carboxylic acids is 1. The van der Waals surface area contributed by atoms with E-state index < -0.39 is 0 Å². The van der Waals surface area contributed by atoms with E-state index in [1.54, 1.807) is 19.2 Å². The Morgan fingerprint density at radius 3 is 1.76 bits per heavy atom. The van der Waals surface area contributed by atoms with Crippen LogP contribution in [0.2, 0.25) is 0 Å². The molecule has 1 amide bonds. The van der Waals surface area contributed by atoms with E-state index in [4.69, 9.17) is 24.8 Å². The highest BCUT2D eigenvalue weighted by Crippen LogP contribution is 2.34. The second-order valence-electron chi connectivity index (χ2n) is 9.45. The Morgan fingerprint density at radius 2 is 1.29 bits per heavy atom. The number of aliphatic hydroxyl groups excluding tert-OH is 1. The van der Waals surface area contributed by atoms with Gasteiger partial charge in [0.25, 0.3) is 5.91 Å². The Hall–Kier alpha value is -4.30. The number of hydrogen-bond donors (Lipinski definition) is 2. The van der Waals surface area contributed by atoms with Crippen LogP contribution in [0.1, 0.15) is 22.3 Å². The second kappa shape index (κ2) is 11.4. The molecular formula is C30H32N4O4. The third-order valence-corrected chi connectivity index (χ3v) is 6.31. The van der Waals surface area contributed by atoms with E-state index in [0.29, 0.717) is 28.8 Å². The van der Waals surface area contributed by atoms with Gasteiger partial charge in [-0.05, 0) is 51.0 Å². The van der Waals surface area contributed by atoms with Crippen molar-refractivity contribution in [3.8, 4) is 45.7 Å². The van der Waals surface area contributed by atoms with Gasteiger partial charge in [0, 0.05) is 30.8 Å². The Morgan fingerprint density at radius 1 is 0.789 bits per heavy atom. The molecule has 0 bridgehead atoms. The summed E-state index contributed by atoms with van der Waals surface area (Å²) in [5.41, 5.74) is 6.55. The largest absolute Gasteiger partial charge is 0.507 e. The van der Waals surface area contributed by atoms with Crippen LogP contribution >= 0.6 is 0 Å². The quantitative estimate of drug-likeness (QED) is 0.354. The monoisotopic (exact) mass is 512 g/mol. The van der Waals surface area contributed by atoms with Crippen LogP contribution in [0.15, 0.2) is 54.6 Å². The fraction of sp³-hybridized carbons (Fsp3) is 0.267. The van der Waals surface area contributed by atoms with Crippen molar-refractivity contribution in [1.29, 1.82) is 0 Å². The molecule has 0 aliphatic carbocycles. The van der Waals surface area contributed by atoms with Gasteiger partial charge in [-0.1, -0.05) is 47.5 Å². The maximum Gasteiger partial charge on any atom is 0.260 e. The van der Waals surface area contributed by atoms with Crippen molar-refractivity contribution >= 4 is 5.91 Å². The zero-order chi connectivity index (χ0) is 27.4. The fourth-order valence-corrected chi connectivity index (χ4v) is 4.19. The molecule has 0 aliphatic rings. The fourth-order valence-electron chi connectivity index (χ4n) is 4.19. The molecule has 8 nitrogen and oxygen atoms in total. The normalized spacial score (nSPS) is 10.9.